The van der Waals surface area contributed by atoms with Gasteiger partial charge in [0.1, 0.15) is 11.8 Å². The molecule has 0 radical (unpaired) electrons. The second-order valence-electron chi connectivity index (χ2n) is 9.27. The van der Waals surface area contributed by atoms with Crippen LogP contribution < -0.4 is 16.4 Å². The number of imidazole rings is 1. The molecule has 1 aliphatic rings. The number of nitrogens with two attached hydrogens (primary N) is 2. The van der Waals surface area contributed by atoms with Gasteiger partial charge >= 0.3 is 0 Å². The van der Waals surface area contributed by atoms with Gasteiger partial charge < -0.3 is 25.7 Å². The molecule has 1 fully saturated rings. The van der Waals surface area contributed by atoms with Gasteiger partial charge in [-0.2, -0.15) is 0 Å². The lowest BCUT2D eigenvalue weighted by Crippen LogP contribution is -2.61. The molecule has 1 saturated heterocycles. The lowest BCUT2D eigenvalue weighted by molar-refractivity contribution is 0.0415. The fraction of sp³-hybridized carbons (Fsp3) is 0.360. The number of aromatic nitrogens is 5. The Morgan fingerprint density at radius 3 is 2.75 bits per heavy atom. The molecule has 1 aromatic carbocycles. The van der Waals surface area contributed by atoms with Crippen LogP contribution in [-0.2, 0) is 11.3 Å². The zero-order chi connectivity index (χ0) is 25.4. The third kappa shape index (κ3) is 4.35. The summed E-state index contributed by atoms with van der Waals surface area (Å²) in [5.74, 6) is -1.53. The highest BCUT2D eigenvalue weighted by atomic mass is 19.2. The molecule has 4 N–H and O–H groups in total. The van der Waals surface area contributed by atoms with Gasteiger partial charge in [0.2, 0.25) is 0 Å². The van der Waals surface area contributed by atoms with E-state index in [0.717, 1.165) is 42.8 Å². The van der Waals surface area contributed by atoms with Crippen LogP contribution in [0.1, 0.15) is 25.3 Å². The van der Waals surface area contributed by atoms with Crippen LogP contribution in [0.3, 0.4) is 0 Å². The lowest BCUT2D eigenvalue weighted by Gasteiger charge is -2.44. The number of benzene rings is 1. The Bertz CT molecular complexity index is 1410. The molecule has 188 valence electrons. The van der Waals surface area contributed by atoms with Crippen molar-refractivity contribution in [3.05, 3.63) is 60.3 Å². The summed E-state index contributed by atoms with van der Waals surface area (Å²) in [5.41, 5.74) is 16.1. The fourth-order valence-corrected chi connectivity index (χ4v) is 4.80. The van der Waals surface area contributed by atoms with Crippen LogP contribution in [0.25, 0.3) is 22.4 Å². The number of piperidine rings is 1. The number of anilines is 2. The normalized spacial score (nSPS) is 19.1. The molecule has 9 nitrogen and oxygen atoms in total. The van der Waals surface area contributed by atoms with Crippen molar-refractivity contribution in [3.8, 4) is 11.3 Å². The standard InChI is InChI=1S/C25H28F2N8O/c1-15(36-2)25(29)6-3-7-34(12-25)21-10-30-20(16-4-5-18(26)19(27)8-16)9-17(21)11-35-14-33-22-23(28)31-13-32-24(22)35/h4-5,8-10,13-15H,3,6-7,11-12,29H2,1-2H3,(H2,28,31,32)/t15-,25-/m1/s1. The quantitative estimate of drug-likeness (QED) is 0.419. The van der Waals surface area contributed by atoms with Crippen LogP contribution in [0.5, 0.6) is 0 Å². The van der Waals surface area contributed by atoms with Crippen LogP contribution in [0.2, 0.25) is 0 Å². The highest BCUT2D eigenvalue weighted by molar-refractivity contribution is 5.81. The molecule has 0 amide bonds. The Labute approximate surface area is 207 Å². The summed E-state index contributed by atoms with van der Waals surface area (Å²) in [6.07, 6.45) is 6.43. The highest BCUT2D eigenvalue weighted by Crippen LogP contribution is 2.33. The molecule has 1 aliphatic heterocycles. The number of rotatable bonds is 6. The van der Waals surface area contributed by atoms with Crippen molar-refractivity contribution in [2.24, 2.45) is 5.73 Å². The van der Waals surface area contributed by atoms with Crippen LogP contribution >= 0.6 is 0 Å². The van der Waals surface area contributed by atoms with Gasteiger partial charge in [0.05, 0.1) is 42.1 Å². The second-order valence-corrected chi connectivity index (χ2v) is 9.27. The Balaban J connectivity index is 1.58. The van der Waals surface area contributed by atoms with Crippen molar-refractivity contribution in [1.82, 2.24) is 24.5 Å². The average Bonchev–Trinajstić information content (AvgIpc) is 3.29. The average molecular weight is 495 g/mol. The first-order valence-electron chi connectivity index (χ1n) is 11.7. The maximum atomic E-state index is 14.0. The predicted molar refractivity (Wildman–Crippen MR) is 133 cm³/mol. The molecule has 2 atom stereocenters. The lowest BCUT2D eigenvalue weighted by atomic mass is 9.85. The van der Waals surface area contributed by atoms with Crippen molar-refractivity contribution < 1.29 is 13.5 Å². The summed E-state index contributed by atoms with van der Waals surface area (Å²) in [4.78, 5) is 19.5. The first kappa shape index (κ1) is 24.0. The van der Waals surface area contributed by atoms with E-state index in [0.29, 0.717) is 41.3 Å². The number of ether oxygens (including phenoxy) is 1. The number of halogens is 2. The number of nitrogen functional groups attached to an aromatic ring is 1. The largest absolute Gasteiger partial charge is 0.382 e. The summed E-state index contributed by atoms with van der Waals surface area (Å²) in [6, 6.07) is 5.64. The van der Waals surface area contributed by atoms with Crippen molar-refractivity contribution in [2.75, 3.05) is 30.8 Å². The summed E-state index contributed by atoms with van der Waals surface area (Å²) in [5, 5.41) is 0. The molecular weight excluding hydrogens is 466 g/mol. The molecule has 4 heterocycles. The zero-order valence-corrected chi connectivity index (χ0v) is 20.2. The Morgan fingerprint density at radius 1 is 1.14 bits per heavy atom. The van der Waals surface area contributed by atoms with Crippen LogP contribution in [-0.4, -0.2) is 56.3 Å². The maximum Gasteiger partial charge on any atom is 0.165 e. The maximum absolute atomic E-state index is 14.0. The van der Waals surface area contributed by atoms with Gasteiger partial charge in [0.25, 0.3) is 0 Å². The van der Waals surface area contributed by atoms with Crippen molar-refractivity contribution in [3.63, 3.8) is 0 Å². The van der Waals surface area contributed by atoms with Gasteiger partial charge in [-0.05, 0) is 49.6 Å². The molecule has 5 rings (SSSR count). The topological polar surface area (TPSA) is 121 Å². The van der Waals surface area contributed by atoms with E-state index in [-0.39, 0.29) is 6.10 Å². The SMILES string of the molecule is CO[C@H](C)[C@@]1(N)CCCN(c2cnc(-c3ccc(F)c(F)c3)cc2Cn2cnc3c(N)ncnc32)C1. The van der Waals surface area contributed by atoms with Gasteiger partial charge in [-0.15, -0.1) is 0 Å². The zero-order valence-electron chi connectivity index (χ0n) is 20.2. The van der Waals surface area contributed by atoms with Crippen molar-refractivity contribution >= 4 is 22.7 Å². The van der Waals surface area contributed by atoms with Crippen molar-refractivity contribution in [1.29, 1.82) is 0 Å². The minimum absolute atomic E-state index is 0.129. The summed E-state index contributed by atoms with van der Waals surface area (Å²) in [6.45, 7) is 3.77. The molecular formula is C25H28F2N8O. The molecule has 0 saturated carbocycles. The number of hydrogen-bond acceptors (Lipinski definition) is 8. The molecule has 36 heavy (non-hydrogen) atoms. The van der Waals surface area contributed by atoms with E-state index in [1.54, 1.807) is 19.6 Å². The van der Waals surface area contributed by atoms with Crippen LogP contribution in [0.4, 0.5) is 20.3 Å². The highest BCUT2D eigenvalue weighted by Gasteiger charge is 2.37. The second kappa shape index (κ2) is 9.40. The number of pyridine rings is 1. The van der Waals surface area contributed by atoms with E-state index in [9.17, 15) is 8.78 Å². The van der Waals surface area contributed by atoms with Crippen molar-refractivity contribution in [2.45, 2.75) is 38.0 Å². The molecule has 3 aromatic heterocycles. The molecule has 11 heteroatoms. The minimum Gasteiger partial charge on any atom is -0.382 e. The Hall–Kier alpha value is -3.70. The first-order chi connectivity index (χ1) is 17.3. The van der Waals surface area contributed by atoms with Crippen LogP contribution in [0.15, 0.2) is 43.1 Å². The molecule has 0 bridgehead atoms. The first-order valence-corrected chi connectivity index (χ1v) is 11.7. The summed E-state index contributed by atoms with van der Waals surface area (Å²) < 4.78 is 35.0. The molecule has 0 unspecified atom stereocenters. The van der Waals surface area contributed by atoms with Crippen LogP contribution in [0, 0.1) is 11.6 Å². The van der Waals surface area contributed by atoms with E-state index in [4.69, 9.17) is 16.2 Å². The molecule has 4 aromatic rings. The Morgan fingerprint density at radius 2 is 1.97 bits per heavy atom. The van der Waals surface area contributed by atoms with E-state index >= 15 is 0 Å². The van der Waals surface area contributed by atoms with Gasteiger partial charge in [0, 0.05) is 25.8 Å². The fourth-order valence-electron chi connectivity index (χ4n) is 4.80. The van der Waals surface area contributed by atoms with E-state index in [2.05, 4.69) is 24.8 Å². The number of hydrogen-bond donors (Lipinski definition) is 2. The van der Waals surface area contributed by atoms with E-state index in [1.165, 1.54) is 12.4 Å². The van der Waals surface area contributed by atoms with E-state index in [1.807, 2.05) is 17.6 Å². The number of nitrogens with zero attached hydrogens (tertiary/aromatic N) is 6. The third-order valence-electron chi connectivity index (χ3n) is 7.01. The number of fused-ring (bicyclic) bond motifs is 1. The third-order valence-corrected chi connectivity index (χ3v) is 7.01. The van der Waals surface area contributed by atoms with Gasteiger partial charge in [-0.3, -0.25) is 4.98 Å². The summed E-state index contributed by atoms with van der Waals surface area (Å²) >= 11 is 0. The predicted octanol–water partition coefficient (Wildman–Crippen LogP) is 3.13. The molecule has 0 aliphatic carbocycles. The van der Waals surface area contributed by atoms with E-state index < -0.39 is 17.2 Å². The molecule has 0 spiro atoms. The van der Waals surface area contributed by atoms with Gasteiger partial charge in [-0.25, -0.2) is 23.7 Å². The van der Waals surface area contributed by atoms with Gasteiger partial charge in [-0.1, -0.05) is 0 Å². The Kier molecular flexibility index (Phi) is 6.27. The van der Waals surface area contributed by atoms with Gasteiger partial charge in [0.15, 0.2) is 23.1 Å². The minimum atomic E-state index is -0.926. The summed E-state index contributed by atoms with van der Waals surface area (Å²) in [7, 11) is 1.67. The smallest absolute Gasteiger partial charge is 0.165 e. The monoisotopic (exact) mass is 494 g/mol. The number of methoxy groups -OCH3 is 1.